The van der Waals surface area contributed by atoms with E-state index in [2.05, 4.69) is 5.32 Å². The predicted octanol–water partition coefficient (Wildman–Crippen LogP) is 1.81. The fourth-order valence-corrected chi connectivity index (χ4v) is 6.26. The number of methoxy groups -OCH3 is 1. The molecule has 1 spiro atoms. The summed E-state index contributed by atoms with van der Waals surface area (Å²) in [6.07, 6.45) is 2.17. The summed E-state index contributed by atoms with van der Waals surface area (Å²) in [4.78, 5) is 41.8. The first-order chi connectivity index (χ1) is 16.3. The van der Waals surface area contributed by atoms with Crippen molar-refractivity contribution in [3.8, 4) is 17.2 Å². The number of nitrogens with one attached hydrogen (secondary N) is 1. The van der Waals surface area contributed by atoms with Crippen molar-refractivity contribution in [2.75, 3.05) is 33.3 Å². The van der Waals surface area contributed by atoms with Gasteiger partial charge in [0.25, 0.3) is 0 Å². The second-order valence-electron chi connectivity index (χ2n) is 10.0. The molecule has 1 atom stereocenters. The first-order valence-corrected chi connectivity index (χ1v) is 11.7. The number of aromatic hydroxyl groups is 2. The number of amides is 1. The Balaban J connectivity index is 1.35. The van der Waals surface area contributed by atoms with Gasteiger partial charge in [-0.05, 0) is 38.3 Å². The van der Waals surface area contributed by atoms with Crippen molar-refractivity contribution in [2.24, 2.45) is 11.3 Å². The Morgan fingerprint density at radius 2 is 1.82 bits per heavy atom. The van der Waals surface area contributed by atoms with Crippen molar-refractivity contribution >= 4 is 17.5 Å². The normalized spacial score (nSPS) is 22.1. The summed E-state index contributed by atoms with van der Waals surface area (Å²) in [6, 6.07) is 4.71. The van der Waals surface area contributed by atoms with Gasteiger partial charge in [-0.15, -0.1) is 0 Å². The van der Waals surface area contributed by atoms with Gasteiger partial charge in [0.1, 0.15) is 17.2 Å². The number of hydrogen-bond acceptors (Lipinski definition) is 7. The minimum atomic E-state index is -0.549. The molecule has 0 saturated carbocycles. The Labute approximate surface area is 196 Å². The van der Waals surface area contributed by atoms with Gasteiger partial charge in [0.2, 0.25) is 11.7 Å². The van der Waals surface area contributed by atoms with Crippen LogP contribution in [0.2, 0.25) is 0 Å². The predicted molar refractivity (Wildman–Crippen MR) is 122 cm³/mol. The summed E-state index contributed by atoms with van der Waals surface area (Å²) >= 11 is 0. The van der Waals surface area contributed by atoms with Crippen LogP contribution in [0.3, 0.4) is 0 Å². The number of carbonyl (C=O) groups is 3. The maximum atomic E-state index is 13.4. The minimum absolute atomic E-state index is 0.0530. The lowest BCUT2D eigenvalue weighted by Crippen LogP contribution is -2.60. The number of hydrogen-bond donors (Lipinski definition) is 3. The third-order valence-corrected chi connectivity index (χ3v) is 8.07. The summed E-state index contributed by atoms with van der Waals surface area (Å²) in [5, 5.41) is 25.6. The fourth-order valence-electron chi connectivity index (χ4n) is 6.26. The van der Waals surface area contributed by atoms with E-state index >= 15 is 0 Å². The van der Waals surface area contributed by atoms with E-state index in [0.717, 1.165) is 32.6 Å². The van der Waals surface area contributed by atoms with Crippen molar-refractivity contribution in [1.29, 1.82) is 0 Å². The van der Waals surface area contributed by atoms with E-state index in [0.29, 0.717) is 24.0 Å². The third-order valence-electron chi connectivity index (χ3n) is 8.07. The fraction of sp³-hybridized carbons (Fsp3) is 0.423. The van der Waals surface area contributed by atoms with Gasteiger partial charge >= 0.3 is 0 Å². The molecule has 0 bridgehead atoms. The molecule has 2 aromatic rings. The summed E-state index contributed by atoms with van der Waals surface area (Å²) < 4.78 is 5.28. The topological polar surface area (TPSA) is 116 Å². The molecule has 34 heavy (non-hydrogen) atoms. The van der Waals surface area contributed by atoms with Gasteiger partial charge in [-0.3, -0.25) is 14.4 Å². The number of likely N-dealkylation sites (tertiary alicyclic amines) is 1. The standard InChI is InChI=1S/C26H26N2O6/c1-34-17-4-2-3-15-18(17)24(32)20-19(22(15)30)23(31)16-9-13(5-6-14(16)21(20)29)25(33)28-11-26(12-28)7-8-27-10-26/h2-4,13,27,29,31H,5-12H2,1H3. The Morgan fingerprint density at radius 3 is 2.53 bits per heavy atom. The summed E-state index contributed by atoms with van der Waals surface area (Å²) in [7, 11) is 1.41. The number of benzene rings is 2. The van der Waals surface area contributed by atoms with Crippen LogP contribution in [0.25, 0.3) is 0 Å². The molecule has 2 fully saturated rings. The lowest BCUT2D eigenvalue weighted by molar-refractivity contribution is -0.147. The van der Waals surface area contributed by atoms with Crippen LogP contribution in [0.1, 0.15) is 55.8 Å². The number of rotatable bonds is 2. The van der Waals surface area contributed by atoms with Gasteiger partial charge in [-0.1, -0.05) is 12.1 Å². The Kier molecular flexibility index (Phi) is 4.55. The molecule has 4 aliphatic rings. The molecule has 1 amide bonds. The van der Waals surface area contributed by atoms with Crippen LogP contribution in [-0.4, -0.2) is 65.9 Å². The molecule has 2 aliphatic carbocycles. The molecule has 8 heteroatoms. The summed E-state index contributed by atoms with van der Waals surface area (Å²) in [5.74, 6) is -1.69. The SMILES string of the molecule is COc1cccc2c1C(=O)c1c(O)c3c(c(O)c1C2=O)CC(C(=O)N1CC2(CCNC2)C1)CC3. The van der Waals surface area contributed by atoms with Gasteiger partial charge in [0.05, 0.1) is 23.8 Å². The summed E-state index contributed by atoms with van der Waals surface area (Å²) in [6.45, 7) is 3.41. The molecular formula is C26H26N2O6. The van der Waals surface area contributed by atoms with Crippen molar-refractivity contribution < 1.29 is 29.3 Å². The van der Waals surface area contributed by atoms with Crippen LogP contribution in [-0.2, 0) is 17.6 Å². The lowest BCUT2D eigenvalue weighted by atomic mass is 9.74. The van der Waals surface area contributed by atoms with Crippen LogP contribution in [0.5, 0.6) is 17.2 Å². The van der Waals surface area contributed by atoms with Gasteiger partial charge in [-0.25, -0.2) is 0 Å². The number of ketones is 2. The molecule has 2 aliphatic heterocycles. The zero-order chi connectivity index (χ0) is 23.8. The number of ether oxygens (including phenoxy) is 1. The molecule has 0 aromatic heterocycles. The number of phenolic OH excluding ortho intramolecular Hbond substituents is 2. The number of fused-ring (bicyclic) bond motifs is 3. The molecule has 176 valence electrons. The highest BCUT2D eigenvalue weighted by Crippen LogP contribution is 2.48. The Bertz CT molecular complexity index is 1270. The number of phenols is 2. The average Bonchev–Trinajstić information content (AvgIpc) is 3.33. The Hall–Kier alpha value is -3.39. The van der Waals surface area contributed by atoms with Crippen molar-refractivity contribution in [1.82, 2.24) is 10.2 Å². The molecule has 2 aromatic carbocycles. The molecular weight excluding hydrogens is 436 g/mol. The van der Waals surface area contributed by atoms with Crippen LogP contribution in [0.15, 0.2) is 18.2 Å². The molecule has 6 rings (SSSR count). The van der Waals surface area contributed by atoms with E-state index in [1.54, 1.807) is 12.1 Å². The van der Waals surface area contributed by atoms with Crippen LogP contribution < -0.4 is 10.1 Å². The monoisotopic (exact) mass is 462 g/mol. The molecule has 1 unspecified atom stereocenters. The minimum Gasteiger partial charge on any atom is -0.507 e. The van der Waals surface area contributed by atoms with Crippen molar-refractivity contribution in [2.45, 2.75) is 25.7 Å². The van der Waals surface area contributed by atoms with E-state index in [-0.39, 0.29) is 63.2 Å². The van der Waals surface area contributed by atoms with E-state index in [1.165, 1.54) is 13.2 Å². The quantitative estimate of drug-likeness (QED) is 0.498. The van der Waals surface area contributed by atoms with E-state index in [4.69, 9.17) is 4.74 Å². The maximum Gasteiger partial charge on any atom is 0.226 e. The highest BCUT2D eigenvalue weighted by molar-refractivity contribution is 6.31. The van der Waals surface area contributed by atoms with Gasteiger partial charge in [0, 0.05) is 47.7 Å². The molecule has 3 N–H and O–H groups in total. The number of carbonyl (C=O) groups excluding carboxylic acids is 3. The lowest BCUT2D eigenvalue weighted by Gasteiger charge is -2.49. The van der Waals surface area contributed by atoms with E-state index < -0.39 is 11.6 Å². The largest absolute Gasteiger partial charge is 0.507 e. The van der Waals surface area contributed by atoms with Crippen molar-refractivity contribution in [3.63, 3.8) is 0 Å². The zero-order valence-corrected chi connectivity index (χ0v) is 18.9. The van der Waals surface area contributed by atoms with Crippen LogP contribution in [0.4, 0.5) is 0 Å². The molecule has 2 heterocycles. The van der Waals surface area contributed by atoms with E-state index in [1.807, 2.05) is 4.90 Å². The molecule has 8 nitrogen and oxygen atoms in total. The number of nitrogens with zero attached hydrogens (tertiary/aromatic N) is 1. The Morgan fingerprint density at radius 1 is 1.09 bits per heavy atom. The second-order valence-corrected chi connectivity index (χ2v) is 10.0. The maximum absolute atomic E-state index is 13.4. The van der Waals surface area contributed by atoms with Crippen molar-refractivity contribution in [3.05, 3.63) is 51.6 Å². The summed E-state index contributed by atoms with van der Waals surface area (Å²) in [5.41, 5.74) is 0.894. The first-order valence-electron chi connectivity index (χ1n) is 11.7. The highest BCUT2D eigenvalue weighted by Gasteiger charge is 2.48. The molecule has 0 radical (unpaired) electrons. The van der Waals surface area contributed by atoms with Gasteiger partial charge < -0.3 is 25.2 Å². The smallest absolute Gasteiger partial charge is 0.226 e. The molecule has 2 saturated heterocycles. The van der Waals surface area contributed by atoms with Gasteiger partial charge in [0.15, 0.2) is 5.78 Å². The van der Waals surface area contributed by atoms with Crippen LogP contribution >= 0.6 is 0 Å². The van der Waals surface area contributed by atoms with Gasteiger partial charge in [-0.2, -0.15) is 0 Å². The zero-order valence-electron chi connectivity index (χ0n) is 18.9. The highest BCUT2D eigenvalue weighted by atomic mass is 16.5. The average molecular weight is 463 g/mol. The van der Waals surface area contributed by atoms with E-state index in [9.17, 15) is 24.6 Å². The second kappa shape index (κ2) is 7.30. The first kappa shape index (κ1) is 21.2. The van der Waals surface area contributed by atoms with Crippen LogP contribution in [0, 0.1) is 11.3 Å². The third kappa shape index (κ3) is 2.78.